The van der Waals surface area contributed by atoms with Gasteiger partial charge in [0.25, 0.3) is 0 Å². The van der Waals surface area contributed by atoms with Crippen LogP contribution in [0.25, 0.3) is 11.3 Å². The molecule has 1 N–H and O–H groups in total. The first-order valence-corrected chi connectivity index (χ1v) is 11.4. The van der Waals surface area contributed by atoms with Crippen LogP contribution in [0.1, 0.15) is 36.7 Å². The fourth-order valence-electron chi connectivity index (χ4n) is 4.40. The number of rotatable bonds is 9. The van der Waals surface area contributed by atoms with E-state index >= 15 is 0 Å². The third-order valence-corrected chi connectivity index (χ3v) is 6.06. The highest BCUT2D eigenvalue weighted by molar-refractivity contribution is 5.59. The summed E-state index contributed by atoms with van der Waals surface area (Å²) in [5.41, 5.74) is 3.92. The topological polar surface area (TPSA) is 41.1 Å². The van der Waals surface area contributed by atoms with E-state index in [0.717, 1.165) is 55.7 Å². The molecule has 0 bridgehead atoms. The predicted molar refractivity (Wildman–Crippen MR) is 123 cm³/mol. The number of hydrogen-bond donors (Lipinski definition) is 1. The highest BCUT2D eigenvalue weighted by atomic mass is 19.1. The van der Waals surface area contributed by atoms with E-state index in [1.165, 1.54) is 24.1 Å². The van der Waals surface area contributed by atoms with Crippen molar-refractivity contribution in [3.8, 4) is 11.3 Å². The fourth-order valence-corrected chi connectivity index (χ4v) is 4.40. The second kappa shape index (κ2) is 10.7. The Balaban J connectivity index is 1.40. The molecular weight excluding hydrogens is 406 g/mol. The van der Waals surface area contributed by atoms with Crippen molar-refractivity contribution >= 4 is 0 Å². The van der Waals surface area contributed by atoms with Crippen LogP contribution in [-0.2, 0) is 19.4 Å². The summed E-state index contributed by atoms with van der Waals surface area (Å²) in [5.74, 6) is -0.329. The molecule has 2 heterocycles. The molecule has 0 spiro atoms. The van der Waals surface area contributed by atoms with Gasteiger partial charge in [0.15, 0.2) is 0 Å². The van der Waals surface area contributed by atoms with Crippen LogP contribution in [0.3, 0.4) is 0 Å². The summed E-state index contributed by atoms with van der Waals surface area (Å²) in [6.07, 6.45) is 4.96. The lowest BCUT2D eigenvalue weighted by atomic mass is 10.1. The predicted octanol–water partition coefficient (Wildman–Crippen LogP) is 4.78. The van der Waals surface area contributed by atoms with Gasteiger partial charge in [0.05, 0.1) is 5.69 Å². The van der Waals surface area contributed by atoms with Crippen LogP contribution < -0.4 is 5.32 Å². The van der Waals surface area contributed by atoms with Gasteiger partial charge < -0.3 is 5.32 Å². The van der Waals surface area contributed by atoms with Gasteiger partial charge in [0, 0.05) is 43.4 Å². The molecule has 168 valence electrons. The van der Waals surface area contributed by atoms with Crippen molar-refractivity contribution in [2.24, 2.45) is 0 Å². The molecule has 1 aromatic heterocycles. The lowest BCUT2D eigenvalue weighted by Gasteiger charge is -2.27. The summed E-state index contributed by atoms with van der Waals surface area (Å²) in [5, 5.41) is 3.45. The lowest BCUT2D eigenvalue weighted by Crippen LogP contribution is -2.36. The molecule has 0 saturated carbocycles. The monoisotopic (exact) mass is 436 g/mol. The Hall–Kier alpha value is -2.70. The Kier molecular flexibility index (Phi) is 7.55. The summed E-state index contributed by atoms with van der Waals surface area (Å²) >= 11 is 0. The number of hydrogen-bond acceptors (Lipinski definition) is 4. The first-order valence-electron chi connectivity index (χ1n) is 11.4. The molecule has 1 aliphatic rings. The van der Waals surface area contributed by atoms with E-state index in [1.807, 2.05) is 6.07 Å². The van der Waals surface area contributed by atoms with Crippen LogP contribution in [0.4, 0.5) is 8.78 Å². The van der Waals surface area contributed by atoms with Gasteiger partial charge in [-0.15, -0.1) is 0 Å². The maximum atomic E-state index is 13.4. The maximum Gasteiger partial charge on any atom is 0.128 e. The normalized spacial score (nSPS) is 16.1. The number of nitrogens with zero attached hydrogens (tertiary/aromatic N) is 3. The first kappa shape index (κ1) is 22.5. The summed E-state index contributed by atoms with van der Waals surface area (Å²) in [4.78, 5) is 11.7. The van der Waals surface area contributed by atoms with E-state index in [9.17, 15) is 8.78 Å². The van der Waals surface area contributed by atoms with Gasteiger partial charge in [-0.1, -0.05) is 25.1 Å². The van der Waals surface area contributed by atoms with Gasteiger partial charge in [0.1, 0.15) is 17.5 Å². The number of nitrogens with one attached hydrogen (secondary N) is 1. The summed E-state index contributed by atoms with van der Waals surface area (Å²) in [7, 11) is 0. The zero-order chi connectivity index (χ0) is 22.3. The van der Waals surface area contributed by atoms with Crippen molar-refractivity contribution in [1.29, 1.82) is 0 Å². The van der Waals surface area contributed by atoms with Crippen LogP contribution in [0, 0.1) is 11.6 Å². The fraction of sp³-hybridized carbons (Fsp3) is 0.385. The molecule has 1 fully saturated rings. The van der Waals surface area contributed by atoms with Gasteiger partial charge in [-0.05, 0) is 67.7 Å². The Labute approximate surface area is 188 Å². The number of aromatic nitrogens is 2. The third-order valence-electron chi connectivity index (χ3n) is 6.06. The molecule has 1 aliphatic heterocycles. The zero-order valence-electron chi connectivity index (χ0n) is 18.5. The number of halogens is 2. The Morgan fingerprint density at radius 3 is 2.62 bits per heavy atom. The van der Waals surface area contributed by atoms with Crippen molar-refractivity contribution < 1.29 is 8.78 Å². The minimum atomic E-state index is -0.538. The molecule has 4 rings (SSSR count). The second-order valence-corrected chi connectivity index (χ2v) is 8.40. The average molecular weight is 437 g/mol. The summed E-state index contributed by atoms with van der Waals surface area (Å²) in [6.45, 7) is 6.34. The molecule has 1 atom stereocenters. The molecule has 1 saturated heterocycles. The molecule has 0 radical (unpaired) electrons. The molecule has 2 aromatic carbocycles. The van der Waals surface area contributed by atoms with E-state index in [2.05, 4.69) is 46.4 Å². The van der Waals surface area contributed by atoms with Crippen LogP contribution in [0.5, 0.6) is 0 Å². The van der Waals surface area contributed by atoms with Crippen LogP contribution in [0.15, 0.2) is 54.7 Å². The van der Waals surface area contributed by atoms with Crippen LogP contribution >= 0.6 is 0 Å². The largest absolute Gasteiger partial charge is 0.315 e. The van der Waals surface area contributed by atoms with Crippen LogP contribution in [-0.4, -0.2) is 40.5 Å². The highest BCUT2D eigenvalue weighted by Gasteiger charge is 2.21. The van der Waals surface area contributed by atoms with Crippen molar-refractivity contribution in [2.75, 3.05) is 19.6 Å². The van der Waals surface area contributed by atoms with Crippen molar-refractivity contribution in [2.45, 2.75) is 45.2 Å². The van der Waals surface area contributed by atoms with Gasteiger partial charge in [-0.3, -0.25) is 4.90 Å². The standard InChI is InChI=1S/C26H30F2N4/c1-2-32(24-9-11-29-17-24)18-20-6-3-7-21(13-20)25-10-12-30-26(31-25)8-4-5-19-14-22(27)16-23(28)15-19/h3,6-7,10,12-16,24,29H,2,4-5,8-9,11,17-18H2,1H3/t24-/m0/s1. The molecule has 32 heavy (non-hydrogen) atoms. The van der Waals surface area contributed by atoms with Gasteiger partial charge in [0.2, 0.25) is 0 Å². The first-order chi connectivity index (χ1) is 15.6. The zero-order valence-corrected chi connectivity index (χ0v) is 18.5. The van der Waals surface area contributed by atoms with E-state index in [4.69, 9.17) is 4.98 Å². The van der Waals surface area contributed by atoms with E-state index < -0.39 is 11.6 Å². The summed E-state index contributed by atoms with van der Waals surface area (Å²) in [6, 6.07) is 14.8. The quantitative estimate of drug-likeness (QED) is 0.524. The molecule has 0 amide bonds. The Morgan fingerprint density at radius 1 is 1.03 bits per heavy atom. The summed E-state index contributed by atoms with van der Waals surface area (Å²) < 4.78 is 26.7. The number of likely N-dealkylation sites (N-methyl/N-ethyl adjacent to an activating group) is 1. The smallest absolute Gasteiger partial charge is 0.128 e. The number of benzene rings is 2. The average Bonchev–Trinajstić information content (AvgIpc) is 3.32. The molecule has 0 aliphatic carbocycles. The van der Waals surface area contributed by atoms with E-state index in [1.54, 1.807) is 6.20 Å². The Bertz CT molecular complexity index is 1010. The van der Waals surface area contributed by atoms with Crippen LogP contribution in [0.2, 0.25) is 0 Å². The van der Waals surface area contributed by atoms with Crippen molar-refractivity contribution in [3.05, 3.63) is 83.3 Å². The van der Waals surface area contributed by atoms with Crippen molar-refractivity contribution in [3.63, 3.8) is 0 Å². The second-order valence-electron chi connectivity index (χ2n) is 8.40. The molecule has 4 nitrogen and oxygen atoms in total. The maximum absolute atomic E-state index is 13.4. The lowest BCUT2D eigenvalue weighted by molar-refractivity contribution is 0.210. The number of aryl methyl sites for hydroxylation is 2. The van der Waals surface area contributed by atoms with Gasteiger partial charge in [-0.25, -0.2) is 18.7 Å². The van der Waals surface area contributed by atoms with E-state index in [-0.39, 0.29) is 0 Å². The minimum Gasteiger partial charge on any atom is -0.315 e. The Morgan fingerprint density at radius 2 is 1.88 bits per heavy atom. The van der Waals surface area contributed by atoms with Gasteiger partial charge >= 0.3 is 0 Å². The SMILES string of the molecule is CCN(Cc1cccc(-c2ccnc(CCCc3cc(F)cc(F)c3)n2)c1)[C@H]1CCNC1. The molecule has 0 unspecified atom stereocenters. The third kappa shape index (κ3) is 5.96. The van der Waals surface area contributed by atoms with E-state index in [0.29, 0.717) is 24.4 Å². The molecular formula is C26H30F2N4. The molecule has 3 aromatic rings. The molecule has 6 heteroatoms. The minimum absolute atomic E-state index is 0.538. The van der Waals surface area contributed by atoms with Gasteiger partial charge in [-0.2, -0.15) is 0 Å². The highest BCUT2D eigenvalue weighted by Crippen LogP contribution is 2.21. The van der Waals surface area contributed by atoms with Crippen molar-refractivity contribution in [1.82, 2.24) is 20.2 Å².